The van der Waals surface area contributed by atoms with Crippen molar-refractivity contribution in [1.29, 1.82) is 0 Å². The van der Waals surface area contributed by atoms with Crippen LogP contribution in [-0.2, 0) is 14.3 Å². The predicted octanol–water partition coefficient (Wildman–Crippen LogP) is 3.49. The summed E-state index contributed by atoms with van der Waals surface area (Å²) < 4.78 is 13.3. The van der Waals surface area contributed by atoms with E-state index in [2.05, 4.69) is 20.9 Å². The number of hydrogen-bond acceptors (Lipinski definition) is 7. The number of rotatable bonds is 5. The quantitative estimate of drug-likeness (QED) is 0.365. The second-order valence-corrected chi connectivity index (χ2v) is 9.41. The number of hydrogen-bond donors (Lipinski definition) is 0. The molecule has 2 aromatic carbocycles. The van der Waals surface area contributed by atoms with E-state index >= 15 is 0 Å². The Balaban J connectivity index is 1.95. The summed E-state index contributed by atoms with van der Waals surface area (Å²) in [5.74, 6) is -0.627. The van der Waals surface area contributed by atoms with E-state index in [9.17, 15) is 14.4 Å². The maximum Gasteiger partial charge on any atom is 0.338 e. The van der Waals surface area contributed by atoms with E-state index < -0.39 is 18.0 Å². The highest BCUT2D eigenvalue weighted by Crippen LogP contribution is 2.30. The van der Waals surface area contributed by atoms with Crippen molar-refractivity contribution in [1.82, 2.24) is 4.57 Å². The molecule has 1 aromatic heterocycles. The van der Waals surface area contributed by atoms with Crippen molar-refractivity contribution < 1.29 is 19.1 Å². The summed E-state index contributed by atoms with van der Waals surface area (Å²) in [6, 6.07) is 13.8. The number of fused-ring (bicyclic) bond motifs is 1. The van der Waals surface area contributed by atoms with Gasteiger partial charge in [-0.15, -0.1) is 0 Å². The third-order valence-corrected chi connectivity index (χ3v) is 6.62. The normalized spacial score (nSPS) is 15.5. The molecule has 0 fully saturated rings. The van der Waals surface area contributed by atoms with Gasteiger partial charge in [0.15, 0.2) is 4.80 Å². The van der Waals surface area contributed by atoms with Gasteiger partial charge in [-0.25, -0.2) is 9.79 Å². The number of halogens is 1. The molecule has 0 saturated carbocycles. The second kappa shape index (κ2) is 9.90. The van der Waals surface area contributed by atoms with Crippen LogP contribution in [0.25, 0.3) is 6.08 Å². The molecule has 1 unspecified atom stereocenters. The number of ether oxygens (including phenoxy) is 2. The van der Waals surface area contributed by atoms with Crippen molar-refractivity contribution in [2.24, 2.45) is 4.99 Å². The predicted molar refractivity (Wildman–Crippen MR) is 132 cm³/mol. The maximum atomic E-state index is 13.6. The van der Waals surface area contributed by atoms with Gasteiger partial charge in [0.25, 0.3) is 5.56 Å². The molecule has 9 heteroatoms. The molecule has 0 bridgehead atoms. The topological polar surface area (TPSA) is 87.0 Å². The van der Waals surface area contributed by atoms with E-state index in [4.69, 9.17) is 9.47 Å². The molecule has 1 atom stereocenters. The van der Waals surface area contributed by atoms with Crippen molar-refractivity contribution >= 4 is 45.3 Å². The molecule has 0 saturated heterocycles. The number of thiazole rings is 1. The van der Waals surface area contributed by atoms with Crippen molar-refractivity contribution in [3.63, 3.8) is 0 Å². The van der Waals surface area contributed by atoms with Gasteiger partial charge in [-0.2, -0.15) is 0 Å². The van der Waals surface area contributed by atoms with Crippen molar-refractivity contribution in [3.05, 3.63) is 95.1 Å². The van der Waals surface area contributed by atoms with Crippen molar-refractivity contribution in [3.8, 4) is 5.75 Å². The molecular weight excluding hydrogens is 520 g/mol. The maximum absolute atomic E-state index is 13.6. The van der Waals surface area contributed by atoms with Gasteiger partial charge >= 0.3 is 11.9 Å². The molecule has 34 heavy (non-hydrogen) atoms. The van der Waals surface area contributed by atoms with Gasteiger partial charge in [0.05, 0.1) is 28.5 Å². The van der Waals surface area contributed by atoms with Crippen LogP contribution >= 0.6 is 27.3 Å². The van der Waals surface area contributed by atoms with Crippen LogP contribution in [0, 0.1) is 0 Å². The average molecular weight is 541 g/mol. The summed E-state index contributed by atoms with van der Waals surface area (Å²) in [5.41, 5.74) is 1.86. The molecule has 0 radical (unpaired) electrons. The molecule has 3 aromatic rings. The number of carbonyl (C=O) groups is 2. The van der Waals surface area contributed by atoms with Crippen molar-refractivity contribution in [2.45, 2.75) is 26.8 Å². The molecule has 0 aliphatic carbocycles. The molecule has 4 rings (SSSR count). The lowest BCUT2D eigenvalue weighted by Crippen LogP contribution is -2.39. The van der Waals surface area contributed by atoms with Gasteiger partial charge in [0, 0.05) is 17.0 Å². The van der Waals surface area contributed by atoms with Gasteiger partial charge in [-0.05, 0) is 43.7 Å². The van der Waals surface area contributed by atoms with E-state index in [1.54, 1.807) is 38.1 Å². The number of allylic oxidation sites excluding steroid dienone is 1. The summed E-state index contributed by atoms with van der Waals surface area (Å²) >= 11 is 4.63. The van der Waals surface area contributed by atoms with Crippen LogP contribution in [0.2, 0.25) is 0 Å². The number of esters is 2. The fourth-order valence-electron chi connectivity index (χ4n) is 3.76. The Labute approximate surface area is 207 Å². The van der Waals surface area contributed by atoms with Crippen LogP contribution in [0.4, 0.5) is 0 Å². The van der Waals surface area contributed by atoms with Crippen LogP contribution in [-0.4, -0.2) is 23.1 Å². The minimum Gasteiger partial charge on any atom is -0.463 e. The zero-order chi connectivity index (χ0) is 24.4. The Morgan fingerprint density at radius 3 is 2.62 bits per heavy atom. The fraction of sp³-hybridized carbons (Fsp3) is 0.200. The van der Waals surface area contributed by atoms with E-state index in [-0.39, 0.29) is 12.2 Å². The van der Waals surface area contributed by atoms with Gasteiger partial charge < -0.3 is 9.47 Å². The lowest BCUT2D eigenvalue weighted by atomic mass is 9.96. The third-order valence-electron chi connectivity index (χ3n) is 5.14. The van der Waals surface area contributed by atoms with E-state index in [1.165, 1.54) is 22.8 Å². The monoisotopic (exact) mass is 540 g/mol. The minimum absolute atomic E-state index is 0.212. The van der Waals surface area contributed by atoms with Gasteiger partial charge in [-0.3, -0.25) is 14.2 Å². The Kier molecular flexibility index (Phi) is 6.95. The Morgan fingerprint density at radius 2 is 1.94 bits per heavy atom. The zero-order valence-electron chi connectivity index (χ0n) is 18.7. The first-order chi connectivity index (χ1) is 16.3. The highest BCUT2D eigenvalue weighted by atomic mass is 79.9. The summed E-state index contributed by atoms with van der Waals surface area (Å²) in [6.45, 7) is 5.01. The zero-order valence-corrected chi connectivity index (χ0v) is 21.1. The lowest BCUT2D eigenvalue weighted by Gasteiger charge is -2.24. The summed E-state index contributed by atoms with van der Waals surface area (Å²) in [6.07, 6.45) is 1.66. The molecule has 174 valence electrons. The van der Waals surface area contributed by atoms with Crippen LogP contribution < -0.4 is 19.6 Å². The molecule has 1 aliphatic heterocycles. The largest absolute Gasteiger partial charge is 0.463 e. The highest BCUT2D eigenvalue weighted by Gasteiger charge is 2.33. The average Bonchev–Trinajstić information content (AvgIpc) is 3.09. The fourth-order valence-corrected chi connectivity index (χ4v) is 5.18. The molecule has 0 spiro atoms. The number of nitrogens with zero attached hydrogens (tertiary/aromatic N) is 2. The Morgan fingerprint density at radius 1 is 1.21 bits per heavy atom. The lowest BCUT2D eigenvalue weighted by molar-refractivity contribution is -0.139. The molecule has 0 amide bonds. The summed E-state index contributed by atoms with van der Waals surface area (Å²) in [5, 5.41) is 0. The van der Waals surface area contributed by atoms with Crippen LogP contribution in [0.15, 0.2) is 74.1 Å². The molecule has 7 nitrogen and oxygen atoms in total. The first-order valence-corrected chi connectivity index (χ1v) is 12.1. The second-order valence-electron chi connectivity index (χ2n) is 7.49. The smallest absolute Gasteiger partial charge is 0.338 e. The molecule has 1 aliphatic rings. The van der Waals surface area contributed by atoms with E-state index in [1.807, 2.05) is 30.3 Å². The van der Waals surface area contributed by atoms with Crippen molar-refractivity contribution in [2.75, 3.05) is 6.61 Å². The van der Waals surface area contributed by atoms with Crippen LogP contribution in [0.5, 0.6) is 5.75 Å². The van der Waals surface area contributed by atoms with Gasteiger partial charge in [0.1, 0.15) is 5.75 Å². The highest BCUT2D eigenvalue weighted by molar-refractivity contribution is 9.10. The van der Waals surface area contributed by atoms with Gasteiger partial charge in [0.2, 0.25) is 0 Å². The number of aromatic nitrogens is 1. The Hall–Kier alpha value is -3.30. The number of benzene rings is 2. The van der Waals surface area contributed by atoms with E-state index in [0.717, 1.165) is 10.0 Å². The molecule has 2 heterocycles. The first-order valence-electron chi connectivity index (χ1n) is 10.5. The van der Waals surface area contributed by atoms with Crippen LogP contribution in [0.3, 0.4) is 0 Å². The van der Waals surface area contributed by atoms with Gasteiger partial charge in [-0.1, -0.05) is 57.6 Å². The molecule has 0 N–H and O–H groups in total. The van der Waals surface area contributed by atoms with E-state index in [0.29, 0.717) is 31.9 Å². The minimum atomic E-state index is -0.672. The first kappa shape index (κ1) is 23.8. The SMILES string of the molecule is CCOC(=O)C1=C(C)N=c2s/c(=C/c3cc(Br)ccc3OC(C)=O)c(=O)n2C1c1ccccc1. The standard InChI is InChI=1S/C25H21BrN2O5S/c1-4-32-24(31)21-14(2)27-25-28(22(21)16-8-6-5-7-9-16)23(30)20(34-25)13-17-12-18(26)10-11-19(17)33-15(3)29/h5-13,22H,4H2,1-3H3/b20-13+. The molecular formula is C25H21BrN2O5S. The number of carbonyl (C=O) groups excluding carboxylic acids is 2. The Bertz CT molecular complexity index is 1490. The summed E-state index contributed by atoms with van der Waals surface area (Å²) in [7, 11) is 0. The third kappa shape index (κ3) is 4.67. The van der Waals surface area contributed by atoms with Crippen LogP contribution in [0.1, 0.15) is 37.9 Å². The summed E-state index contributed by atoms with van der Waals surface area (Å²) in [4.78, 5) is 43.1.